The van der Waals surface area contributed by atoms with Gasteiger partial charge in [0.15, 0.2) is 17.3 Å². The average molecular weight is 446 g/mol. The molecule has 8 nitrogen and oxygen atoms in total. The lowest BCUT2D eigenvalue weighted by molar-refractivity contribution is 0.0734. The van der Waals surface area contributed by atoms with Gasteiger partial charge in [-0.1, -0.05) is 0 Å². The van der Waals surface area contributed by atoms with Crippen LogP contribution >= 0.6 is 0 Å². The molecule has 33 heavy (non-hydrogen) atoms. The van der Waals surface area contributed by atoms with Gasteiger partial charge in [-0.25, -0.2) is 4.79 Å². The molecule has 3 aromatic carbocycles. The molecule has 166 valence electrons. The molecule has 3 aromatic rings. The van der Waals surface area contributed by atoms with Crippen molar-refractivity contribution in [1.29, 1.82) is 0 Å². The van der Waals surface area contributed by atoms with Gasteiger partial charge in [0, 0.05) is 17.7 Å². The zero-order valence-corrected chi connectivity index (χ0v) is 17.7. The third kappa shape index (κ3) is 3.82. The first-order chi connectivity index (χ1) is 16.1. The summed E-state index contributed by atoms with van der Waals surface area (Å²) in [5.74, 6) is 2.04. The molecule has 5 rings (SSSR count). The number of hydrogen-bond acceptors (Lipinski definition) is 8. The number of ketones is 1. The SMILES string of the molecule is COc1ccc(/C=C2\Oc3cc(OC(=O)c4ccc5c(c4)OCO5)ccc3C2=O)c(OC)c1. The van der Waals surface area contributed by atoms with Gasteiger partial charge in [-0.3, -0.25) is 4.79 Å². The van der Waals surface area contributed by atoms with Crippen LogP contribution in [0.1, 0.15) is 26.3 Å². The molecule has 0 spiro atoms. The molecule has 0 amide bonds. The highest BCUT2D eigenvalue weighted by Crippen LogP contribution is 2.37. The molecule has 0 atom stereocenters. The van der Waals surface area contributed by atoms with Gasteiger partial charge in [0.05, 0.1) is 25.3 Å². The van der Waals surface area contributed by atoms with Crippen LogP contribution in [0, 0.1) is 0 Å². The van der Waals surface area contributed by atoms with E-state index in [4.69, 9.17) is 28.4 Å². The lowest BCUT2D eigenvalue weighted by atomic mass is 10.1. The zero-order chi connectivity index (χ0) is 22.9. The molecular formula is C25H18O8. The molecule has 0 fully saturated rings. The molecule has 0 saturated heterocycles. The number of carbonyl (C=O) groups excluding carboxylic acids is 2. The molecule has 2 aliphatic heterocycles. The van der Waals surface area contributed by atoms with Gasteiger partial charge < -0.3 is 28.4 Å². The average Bonchev–Trinajstić information content (AvgIpc) is 3.43. The summed E-state index contributed by atoms with van der Waals surface area (Å²) in [7, 11) is 3.09. The Balaban J connectivity index is 1.36. The maximum absolute atomic E-state index is 12.8. The summed E-state index contributed by atoms with van der Waals surface area (Å²) in [6, 6.07) is 14.6. The van der Waals surface area contributed by atoms with Crippen molar-refractivity contribution in [1.82, 2.24) is 0 Å². The van der Waals surface area contributed by atoms with Gasteiger partial charge in [0.1, 0.15) is 23.0 Å². The van der Waals surface area contributed by atoms with Gasteiger partial charge in [-0.05, 0) is 48.5 Å². The maximum atomic E-state index is 12.8. The second-order valence-electron chi connectivity index (χ2n) is 7.16. The third-order valence-electron chi connectivity index (χ3n) is 5.19. The molecule has 0 aliphatic carbocycles. The van der Waals surface area contributed by atoms with Crippen molar-refractivity contribution in [2.24, 2.45) is 0 Å². The van der Waals surface area contributed by atoms with Gasteiger partial charge >= 0.3 is 5.97 Å². The summed E-state index contributed by atoms with van der Waals surface area (Å²) < 4.78 is 32.3. The van der Waals surface area contributed by atoms with Gasteiger partial charge in [0.25, 0.3) is 0 Å². The fourth-order valence-electron chi connectivity index (χ4n) is 3.50. The van der Waals surface area contributed by atoms with Crippen molar-refractivity contribution < 1.29 is 38.0 Å². The predicted molar refractivity (Wildman–Crippen MR) is 116 cm³/mol. The number of methoxy groups -OCH3 is 2. The maximum Gasteiger partial charge on any atom is 0.343 e. The minimum Gasteiger partial charge on any atom is -0.497 e. The Hall–Kier alpha value is -4.46. The number of Topliss-reactive ketones (excluding diaryl/α,β-unsaturated/α-hetero) is 1. The number of esters is 1. The van der Waals surface area contributed by atoms with Crippen LogP contribution in [0.3, 0.4) is 0 Å². The first kappa shape index (κ1) is 20.4. The summed E-state index contributed by atoms with van der Waals surface area (Å²) >= 11 is 0. The standard InChI is InChI=1S/C25H18O8/c1-28-16-5-3-14(20(11-16)29-2)9-23-24(26)18-7-6-17(12-21(18)33-23)32-25(27)15-4-8-19-22(10-15)31-13-30-19/h3-12H,13H2,1-2H3/b23-9-. The highest BCUT2D eigenvalue weighted by molar-refractivity contribution is 6.14. The monoisotopic (exact) mass is 446 g/mol. The Morgan fingerprint density at radius 1 is 0.879 bits per heavy atom. The zero-order valence-electron chi connectivity index (χ0n) is 17.7. The summed E-state index contributed by atoms with van der Waals surface area (Å²) in [4.78, 5) is 25.3. The van der Waals surface area contributed by atoms with E-state index < -0.39 is 5.97 Å². The third-order valence-corrected chi connectivity index (χ3v) is 5.19. The van der Waals surface area contributed by atoms with E-state index >= 15 is 0 Å². The van der Waals surface area contributed by atoms with E-state index in [0.29, 0.717) is 45.4 Å². The van der Waals surface area contributed by atoms with Crippen molar-refractivity contribution in [3.8, 4) is 34.5 Å². The number of fused-ring (bicyclic) bond motifs is 2. The van der Waals surface area contributed by atoms with Crippen LogP contribution in [0.4, 0.5) is 0 Å². The predicted octanol–water partition coefficient (Wildman–Crippen LogP) is 4.27. The van der Waals surface area contributed by atoms with E-state index in [0.717, 1.165) is 0 Å². The van der Waals surface area contributed by atoms with Crippen LogP contribution in [0.5, 0.6) is 34.5 Å². The van der Waals surface area contributed by atoms with Gasteiger partial charge in [-0.15, -0.1) is 0 Å². The lowest BCUT2D eigenvalue weighted by Crippen LogP contribution is -2.08. The summed E-state index contributed by atoms with van der Waals surface area (Å²) in [5.41, 5.74) is 1.34. The lowest BCUT2D eigenvalue weighted by Gasteiger charge is -2.08. The van der Waals surface area contributed by atoms with Gasteiger partial charge in [-0.2, -0.15) is 0 Å². The number of ether oxygens (including phenoxy) is 6. The second-order valence-corrected chi connectivity index (χ2v) is 7.16. The first-order valence-corrected chi connectivity index (χ1v) is 9.98. The number of rotatable bonds is 5. The Kier molecular flexibility index (Phi) is 5.10. The number of hydrogen-bond donors (Lipinski definition) is 0. The molecule has 0 saturated carbocycles. The Labute approximate surface area is 188 Å². The fourth-order valence-corrected chi connectivity index (χ4v) is 3.50. The van der Waals surface area contributed by atoms with Crippen molar-refractivity contribution in [3.05, 3.63) is 77.0 Å². The van der Waals surface area contributed by atoms with Gasteiger partial charge in [0.2, 0.25) is 12.6 Å². The van der Waals surface area contributed by atoms with E-state index in [1.54, 1.807) is 61.7 Å². The first-order valence-electron chi connectivity index (χ1n) is 9.98. The van der Waals surface area contributed by atoms with E-state index in [1.807, 2.05) is 0 Å². The van der Waals surface area contributed by atoms with Crippen molar-refractivity contribution in [2.45, 2.75) is 0 Å². The van der Waals surface area contributed by atoms with Crippen molar-refractivity contribution in [2.75, 3.05) is 21.0 Å². The molecule has 0 radical (unpaired) electrons. The van der Waals surface area contributed by atoms with Crippen molar-refractivity contribution >= 4 is 17.8 Å². The Morgan fingerprint density at radius 2 is 1.70 bits per heavy atom. The highest BCUT2D eigenvalue weighted by atomic mass is 16.7. The highest BCUT2D eigenvalue weighted by Gasteiger charge is 2.28. The largest absolute Gasteiger partial charge is 0.497 e. The number of allylic oxidation sites excluding steroid dienone is 1. The summed E-state index contributed by atoms with van der Waals surface area (Å²) in [5, 5.41) is 0. The van der Waals surface area contributed by atoms with Crippen LogP contribution in [-0.4, -0.2) is 32.8 Å². The van der Waals surface area contributed by atoms with E-state index in [1.165, 1.54) is 13.2 Å². The van der Waals surface area contributed by atoms with Crippen LogP contribution in [0.25, 0.3) is 6.08 Å². The fraction of sp³-hybridized carbons (Fsp3) is 0.120. The molecule has 8 heteroatoms. The normalized spacial score (nSPS) is 14.6. The molecule has 0 N–H and O–H groups in total. The van der Waals surface area contributed by atoms with Crippen LogP contribution < -0.4 is 28.4 Å². The molecule has 0 aromatic heterocycles. The topological polar surface area (TPSA) is 89.5 Å². The molecular weight excluding hydrogens is 428 g/mol. The minimum absolute atomic E-state index is 0.113. The van der Waals surface area contributed by atoms with Crippen molar-refractivity contribution in [3.63, 3.8) is 0 Å². The van der Waals surface area contributed by atoms with Crippen LogP contribution in [0.15, 0.2) is 60.4 Å². The quantitative estimate of drug-likeness (QED) is 0.326. The minimum atomic E-state index is -0.573. The summed E-state index contributed by atoms with van der Waals surface area (Å²) in [6.07, 6.45) is 1.60. The van der Waals surface area contributed by atoms with Crippen LogP contribution in [0.2, 0.25) is 0 Å². The second kappa shape index (κ2) is 8.23. The Morgan fingerprint density at radius 3 is 2.52 bits per heavy atom. The van der Waals surface area contributed by atoms with E-state index in [2.05, 4.69) is 0 Å². The number of benzene rings is 3. The van der Waals surface area contributed by atoms with E-state index in [9.17, 15) is 9.59 Å². The molecule has 2 aliphatic rings. The summed E-state index contributed by atoms with van der Waals surface area (Å²) in [6.45, 7) is 0.113. The number of carbonyl (C=O) groups is 2. The van der Waals surface area contributed by atoms with E-state index in [-0.39, 0.29) is 24.1 Å². The Bertz CT molecular complexity index is 1310. The molecule has 0 unspecified atom stereocenters. The molecule has 2 heterocycles. The smallest absolute Gasteiger partial charge is 0.343 e. The van der Waals surface area contributed by atoms with Crippen LogP contribution in [-0.2, 0) is 0 Å². The molecule has 0 bridgehead atoms.